The molecule has 3 rings (SSSR count). The highest BCUT2D eigenvalue weighted by Gasteiger charge is 2.21. The Hall–Kier alpha value is -2.29. The van der Waals surface area contributed by atoms with Crippen LogP contribution in [-0.4, -0.2) is 55.9 Å². The zero-order chi connectivity index (χ0) is 15.5. The number of amides is 1. The van der Waals surface area contributed by atoms with E-state index in [2.05, 4.69) is 25.3 Å². The van der Waals surface area contributed by atoms with E-state index < -0.39 is 0 Å². The average molecular weight is 306 g/mol. The van der Waals surface area contributed by atoms with Crippen LogP contribution in [0.3, 0.4) is 0 Å². The average Bonchev–Trinajstić information content (AvgIpc) is 3.23. The molecule has 2 aromatic heterocycles. The second-order valence-electron chi connectivity index (χ2n) is 5.42. The van der Waals surface area contributed by atoms with Crippen LogP contribution in [0.2, 0.25) is 0 Å². The number of rotatable bonds is 5. The van der Waals surface area contributed by atoms with Gasteiger partial charge in [-0.25, -0.2) is 9.31 Å². The summed E-state index contributed by atoms with van der Waals surface area (Å²) >= 11 is 0. The molecule has 0 N–H and O–H groups in total. The fourth-order valence-corrected chi connectivity index (χ4v) is 2.37. The van der Waals surface area contributed by atoms with Gasteiger partial charge in [-0.1, -0.05) is 15.5 Å². The first-order valence-electron chi connectivity index (χ1n) is 7.18. The summed E-state index contributed by atoms with van der Waals surface area (Å²) in [5, 5.41) is 15.4. The van der Waals surface area contributed by atoms with Crippen molar-refractivity contribution in [1.82, 2.24) is 30.2 Å². The number of carbonyl (C=O) groups is 1. The Balaban J connectivity index is 1.61. The number of hydrogen-bond acceptors (Lipinski definition) is 7. The zero-order valence-electron chi connectivity index (χ0n) is 12.6. The predicted molar refractivity (Wildman–Crippen MR) is 73.8 cm³/mol. The van der Waals surface area contributed by atoms with Gasteiger partial charge in [0.15, 0.2) is 5.69 Å². The van der Waals surface area contributed by atoms with Crippen molar-refractivity contribution in [3.05, 3.63) is 23.3 Å². The van der Waals surface area contributed by atoms with Gasteiger partial charge >= 0.3 is 0 Å². The molecule has 3 heterocycles. The molecule has 1 amide bonds. The Bertz CT molecular complexity index is 646. The van der Waals surface area contributed by atoms with Crippen LogP contribution < -0.4 is 0 Å². The molecule has 1 aliphatic rings. The standard InChI is InChI=1S/C13H18N6O3/c1-9-11(16-22-15-9)7-18(2)13(20)12-8-19(17-14-12)6-10-4-3-5-21-10/h8,10H,3-7H2,1-2H3/t10-/m1/s1. The smallest absolute Gasteiger partial charge is 0.276 e. The fourth-order valence-electron chi connectivity index (χ4n) is 2.37. The van der Waals surface area contributed by atoms with Gasteiger partial charge in [-0.05, 0) is 19.8 Å². The van der Waals surface area contributed by atoms with Crippen molar-refractivity contribution in [1.29, 1.82) is 0 Å². The Morgan fingerprint density at radius 2 is 2.36 bits per heavy atom. The number of aryl methyl sites for hydroxylation is 1. The number of nitrogens with zero attached hydrogens (tertiary/aromatic N) is 6. The number of carbonyl (C=O) groups excluding carboxylic acids is 1. The van der Waals surface area contributed by atoms with E-state index in [4.69, 9.17) is 4.74 Å². The lowest BCUT2D eigenvalue weighted by molar-refractivity contribution is 0.0775. The molecule has 118 valence electrons. The summed E-state index contributed by atoms with van der Waals surface area (Å²) in [7, 11) is 1.68. The van der Waals surface area contributed by atoms with Crippen LogP contribution in [-0.2, 0) is 17.8 Å². The summed E-state index contributed by atoms with van der Waals surface area (Å²) in [6, 6.07) is 0. The number of aromatic nitrogens is 5. The van der Waals surface area contributed by atoms with Crippen molar-refractivity contribution in [3.63, 3.8) is 0 Å². The normalized spacial score (nSPS) is 17.8. The van der Waals surface area contributed by atoms with Gasteiger partial charge in [0.1, 0.15) is 11.4 Å². The molecule has 0 unspecified atom stereocenters. The van der Waals surface area contributed by atoms with Crippen LogP contribution in [0.5, 0.6) is 0 Å². The Kier molecular flexibility index (Phi) is 4.14. The molecule has 1 atom stereocenters. The molecule has 0 spiro atoms. The van der Waals surface area contributed by atoms with Crippen LogP contribution in [0, 0.1) is 6.92 Å². The summed E-state index contributed by atoms with van der Waals surface area (Å²) in [5.74, 6) is -0.221. The van der Waals surface area contributed by atoms with Gasteiger partial charge in [-0.3, -0.25) is 4.79 Å². The van der Waals surface area contributed by atoms with Crippen LogP contribution >= 0.6 is 0 Å². The molecule has 22 heavy (non-hydrogen) atoms. The summed E-state index contributed by atoms with van der Waals surface area (Å²) < 4.78 is 11.8. The SMILES string of the molecule is Cc1nonc1CN(C)C(=O)c1cn(C[C@H]2CCCO2)nn1. The van der Waals surface area contributed by atoms with Gasteiger partial charge in [0.05, 0.1) is 25.4 Å². The van der Waals surface area contributed by atoms with Crippen molar-refractivity contribution < 1.29 is 14.2 Å². The maximum Gasteiger partial charge on any atom is 0.276 e. The lowest BCUT2D eigenvalue weighted by Crippen LogP contribution is -2.27. The molecule has 0 saturated carbocycles. The van der Waals surface area contributed by atoms with Crippen LogP contribution in [0.1, 0.15) is 34.7 Å². The second kappa shape index (κ2) is 6.22. The van der Waals surface area contributed by atoms with E-state index in [0.717, 1.165) is 19.4 Å². The lowest BCUT2D eigenvalue weighted by Gasteiger charge is -2.13. The quantitative estimate of drug-likeness (QED) is 0.789. The van der Waals surface area contributed by atoms with Gasteiger partial charge < -0.3 is 9.64 Å². The van der Waals surface area contributed by atoms with E-state index in [1.807, 2.05) is 0 Å². The van der Waals surface area contributed by atoms with Crippen LogP contribution in [0.4, 0.5) is 0 Å². The van der Waals surface area contributed by atoms with E-state index >= 15 is 0 Å². The first-order chi connectivity index (χ1) is 10.6. The van der Waals surface area contributed by atoms with E-state index in [0.29, 0.717) is 30.2 Å². The highest BCUT2D eigenvalue weighted by Crippen LogP contribution is 2.14. The first kappa shape index (κ1) is 14.6. The molecule has 0 radical (unpaired) electrons. The first-order valence-corrected chi connectivity index (χ1v) is 7.18. The van der Waals surface area contributed by atoms with Crippen LogP contribution in [0.15, 0.2) is 10.8 Å². The van der Waals surface area contributed by atoms with E-state index in [1.54, 1.807) is 24.9 Å². The number of hydrogen-bond donors (Lipinski definition) is 0. The monoisotopic (exact) mass is 306 g/mol. The van der Waals surface area contributed by atoms with Crippen molar-refractivity contribution in [2.45, 2.75) is 39.0 Å². The van der Waals surface area contributed by atoms with Gasteiger partial charge in [-0.2, -0.15) is 0 Å². The highest BCUT2D eigenvalue weighted by molar-refractivity contribution is 5.91. The summed E-state index contributed by atoms with van der Waals surface area (Å²) in [6.07, 6.45) is 3.89. The molecule has 0 aliphatic carbocycles. The molecule has 1 saturated heterocycles. The minimum atomic E-state index is -0.221. The Labute approximate surface area is 127 Å². The Morgan fingerprint density at radius 3 is 3.05 bits per heavy atom. The molecule has 1 fully saturated rings. The minimum absolute atomic E-state index is 0.159. The van der Waals surface area contributed by atoms with E-state index in [9.17, 15) is 4.79 Å². The maximum absolute atomic E-state index is 12.3. The molecule has 0 aromatic carbocycles. The molecule has 1 aliphatic heterocycles. The number of ether oxygens (including phenoxy) is 1. The summed E-state index contributed by atoms with van der Waals surface area (Å²) in [6.45, 7) is 3.50. The van der Waals surface area contributed by atoms with Crippen molar-refractivity contribution in [3.8, 4) is 0 Å². The van der Waals surface area contributed by atoms with E-state index in [-0.39, 0.29) is 12.0 Å². The maximum atomic E-state index is 12.3. The second-order valence-corrected chi connectivity index (χ2v) is 5.42. The van der Waals surface area contributed by atoms with Crippen LogP contribution in [0.25, 0.3) is 0 Å². The largest absolute Gasteiger partial charge is 0.376 e. The minimum Gasteiger partial charge on any atom is -0.376 e. The van der Waals surface area contributed by atoms with Crippen molar-refractivity contribution >= 4 is 5.91 Å². The van der Waals surface area contributed by atoms with Gasteiger partial charge in [0, 0.05) is 13.7 Å². The van der Waals surface area contributed by atoms with Gasteiger partial charge in [0.25, 0.3) is 5.91 Å². The van der Waals surface area contributed by atoms with Crippen molar-refractivity contribution in [2.24, 2.45) is 0 Å². The molecular formula is C13H18N6O3. The summed E-state index contributed by atoms with van der Waals surface area (Å²) in [5.41, 5.74) is 1.60. The molecular weight excluding hydrogens is 288 g/mol. The Morgan fingerprint density at radius 1 is 1.50 bits per heavy atom. The van der Waals surface area contributed by atoms with E-state index in [1.165, 1.54) is 4.90 Å². The van der Waals surface area contributed by atoms with Gasteiger partial charge in [0.2, 0.25) is 0 Å². The fraction of sp³-hybridized carbons (Fsp3) is 0.615. The third kappa shape index (κ3) is 3.14. The highest BCUT2D eigenvalue weighted by atomic mass is 16.6. The molecule has 2 aromatic rings. The molecule has 9 nitrogen and oxygen atoms in total. The third-order valence-electron chi connectivity index (χ3n) is 3.65. The molecule has 9 heteroatoms. The lowest BCUT2D eigenvalue weighted by atomic mass is 10.2. The zero-order valence-corrected chi connectivity index (χ0v) is 12.6. The molecule has 0 bridgehead atoms. The van der Waals surface area contributed by atoms with Gasteiger partial charge in [-0.15, -0.1) is 5.10 Å². The van der Waals surface area contributed by atoms with Crippen molar-refractivity contribution in [2.75, 3.05) is 13.7 Å². The topological polar surface area (TPSA) is 99.2 Å². The third-order valence-corrected chi connectivity index (χ3v) is 3.65. The summed E-state index contributed by atoms with van der Waals surface area (Å²) in [4.78, 5) is 13.8. The predicted octanol–water partition coefficient (Wildman–Crippen LogP) is 0.421.